The molecule has 0 aromatic heterocycles. The van der Waals surface area contributed by atoms with Gasteiger partial charge in [-0.25, -0.2) is 0 Å². The second kappa shape index (κ2) is 5.02. The molecular formula is C11H18N2O. The van der Waals surface area contributed by atoms with Gasteiger partial charge < -0.3 is 11.1 Å². The van der Waals surface area contributed by atoms with Crippen molar-refractivity contribution in [2.24, 2.45) is 11.1 Å². The van der Waals surface area contributed by atoms with Gasteiger partial charge in [-0.15, -0.1) is 12.3 Å². The molecule has 0 aromatic rings. The molecule has 0 bridgehead atoms. The Balaban J connectivity index is 2.22. The van der Waals surface area contributed by atoms with E-state index in [0.29, 0.717) is 25.9 Å². The molecule has 3 N–H and O–H groups in total. The third-order valence-electron chi connectivity index (χ3n) is 2.97. The Morgan fingerprint density at radius 3 is 2.71 bits per heavy atom. The third-order valence-corrected chi connectivity index (χ3v) is 2.97. The van der Waals surface area contributed by atoms with E-state index in [4.69, 9.17) is 12.2 Å². The molecule has 1 fully saturated rings. The fourth-order valence-electron chi connectivity index (χ4n) is 1.81. The SMILES string of the molecule is C#CCCNC(=O)CC1(CN)CCC1. The average molecular weight is 194 g/mol. The largest absolute Gasteiger partial charge is 0.355 e. The van der Waals surface area contributed by atoms with Gasteiger partial charge in [0.25, 0.3) is 0 Å². The van der Waals surface area contributed by atoms with Crippen LogP contribution in [0.2, 0.25) is 0 Å². The van der Waals surface area contributed by atoms with E-state index in [9.17, 15) is 4.79 Å². The summed E-state index contributed by atoms with van der Waals surface area (Å²) in [7, 11) is 0. The Kier molecular flexibility index (Phi) is 3.97. The molecule has 3 heteroatoms. The molecule has 0 aliphatic heterocycles. The predicted molar refractivity (Wildman–Crippen MR) is 56.4 cm³/mol. The predicted octanol–water partition coefficient (Wildman–Crippen LogP) is 0.645. The van der Waals surface area contributed by atoms with Crippen LogP contribution in [-0.2, 0) is 4.79 Å². The van der Waals surface area contributed by atoms with E-state index in [1.165, 1.54) is 6.42 Å². The highest BCUT2D eigenvalue weighted by Crippen LogP contribution is 2.42. The van der Waals surface area contributed by atoms with Crippen molar-refractivity contribution >= 4 is 5.91 Å². The van der Waals surface area contributed by atoms with Gasteiger partial charge >= 0.3 is 0 Å². The maximum Gasteiger partial charge on any atom is 0.220 e. The van der Waals surface area contributed by atoms with Gasteiger partial charge in [0.1, 0.15) is 0 Å². The normalized spacial score (nSPS) is 18.0. The summed E-state index contributed by atoms with van der Waals surface area (Å²) in [5, 5.41) is 2.80. The van der Waals surface area contributed by atoms with Gasteiger partial charge in [0.2, 0.25) is 5.91 Å². The molecule has 78 valence electrons. The molecule has 14 heavy (non-hydrogen) atoms. The van der Waals surface area contributed by atoms with Crippen molar-refractivity contribution in [3.8, 4) is 12.3 Å². The van der Waals surface area contributed by atoms with Crippen molar-refractivity contribution in [3.05, 3.63) is 0 Å². The Bertz CT molecular complexity index is 233. The van der Waals surface area contributed by atoms with Crippen LogP contribution >= 0.6 is 0 Å². The van der Waals surface area contributed by atoms with E-state index in [-0.39, 0.29) is 11.3 Å². The molecule has 0 saturated heterocycles. The molecule has 0 aromatic carbocycles. The second-order valence-electron chi connectivity index (χ2n) is 4.04. The van der Waals surface area contributed by atoms with E-state index in [1.54, 1.807) is 0 Å². The molecule has 0 atom stereocenters. The lowest BCUT2D eigenvalue weighted by molar-refractivity contribution is -0.124. The van der Waals surface area contributed by atoms with Crippen molar-refractivity contribution in [1.29, 1.82) is 0 Å². The Labute approximate surface area is 85.4 Å². The van der Waals surface area contributed by atoms with Crippen LogP contribution in [-0.4, -0.2) is 19.0 Å². The van der Waals surface area contributed by atoms with Crippen molar-refractivity contribution in [3.63, 3.8) is 0 Å². The molecule has 0 unspecified atom stereocenters. The Morgan fingerprint density at radius 2 is 2.29 bits per heavy atom. The third kappa shape index (κ3) is 2.74. The minimum atomic E-state index is 0.0883. The molecular weight excluding hydrogens is 176 g/mol. The number of nitrogens with two attached hydrogens (primary N) is 1. The number of hydrogen-bond donors (Lipinski definition) is 2. The lowest BCUT2D eigenvalue weighted by Gasteiger charge is -2.40. The van der Waals surface area contributed by atoms with Crippen molar-refractivity contribution in [2.75, 3.05) is 13.1 Å². The summed E-state index contributed by atoms with van der Waals surface area (Å²) in [6.45, 7) is 1.20. The Morgan fingerprint density at radius 1 is 1.57 bits per heavy atom. The van der Waals surface area contributed by atoms with Crippen molar-refractivity contribution in [2.45, 2.75) is 32.1 Å². The summed E-state index contributed by atoms with van der Waals surface area (Å²) >= 11 is 0. The van der Waals surface area contributed by atoms with Gasteiger partial charge in [-0.05, 0) is 24.8 Å². The number of carbonyl (C=O) groups is 1. The summed E-state index contributed by atoms with van der Waals surface area (Å²) in [4.78, 5) is 11.4. The maximum atomic E-state index is 11.4. The van der Waals surface area contributed by atoms with E-state index < -0.39 is 0 Å². The highest BCUT2D eigenvalue weighted by Gasteiger charge is 2.37. The molecule has 1 aliphatic carbocycles. The molecule has 0 spiro atoms. The molecule has 1 amide bonds. The highest BCUT2D eigenvalue weighted by molar-refractivity contribution is 5.76. The zero-order valence-corrected chi connectivity index (χ0v) is 8.51. The first-order chi connectivity index (χ1) is 6.72. The standard InChI is InChI=1S/C11H18N2O/c1-2-3-7-13-10(14)8-11(9-12)5-4-6-11/h1H,3-9,12H2,(H,13,14). The first-order valence-electron chi connectivity index (χ1n) is 5.13. The smallest absolute Gasteiger partial charge is 0.220 e. The molecule has 0 heterocycles. The van der Waals surface area contributed by atoms with Crippen LogP contribution in [0.1, 0.15) is 32.1 Å². The molecule has 0 radical (unpaired) electrons. The number of rotatable bonds is 5. The summed E-state index contributed by atoms with van der Waals surface area (Å²) in [6.07, 6.45) is 9.63. The van der Waals surface area contributed by atoms with Gasteiger partial charge in [-0.1, -0.05) is 6.42 Å². The Hall–Kier alpha value is -1.01. The van der Waals surface area contributed by atoms with Gasteiger partial charge in [0.15, 0.2) is 0 Å². The second-order valence-corrected chi connectivity index (χ2v) is 4.04. The van der Waals surface area contributed by atoms with E-state index in [1.807, 2.05) is 0 Å². The zero-order chi connectivity index (χ0) is 10.4. The monoisotopic (exact) mass is 194 g/mol. The number of amides is 1. The number of carbonyl (C=O) groups excluding carboxylic acids is 1. The average Bonchev–Trinajstić information content (AvgIpc) is 2.12. The molecule has 1 saturated carbocycles. The van der Waals surface area contributed by atoms with E-state index in [0.717, 1.165) is 12.8 Å². The van der Waals surface area contributed by atoms with Crippen LogP contribution in [0.25, 0.3) is 0 Å². The fraction of sp³-hybridized carbons (Fsp3) is 0.727. The van der Waals surface area contributed by atoms with Crippen LogP contribution in [0.4, 0.5) is 0 Å². The first kappa shape index (κ1) is 11.1. The number of nitrogens with one attached hydrogen (secondary N) is 1. The van der Waals surface area contributed by atoms with E-state index >= 15 is 0 Å². The van der Waals surface area contributed by atoms with Gasteiger partial charge in [0, 0.05) is 19.4 Å². The van der Waals surface area contributed by atoms with Gasteiger partial charge in [-0.3, -0.25) is 4.79 Å². The lowest BCUT2D eigenvalue weighted by Crippen LogP contribution is -2.42. The summed E-state index contributed by atoms with van der Waals surface area (Å²) in [5.41, 5.74) is 5.76. The minimum absolute atomic E-state index is 0.0883. The van der Waals surface area contributed by atoms with Crippen LogP contribution in [0.15, 0.2) is 0 Å². The number of hydrogen-bond acceptors (Lipinski definition) is 2. The minimum Gasteiger partial charge on any atom is -0.355 e. The summed E-state index contributed by atoms with van der Waals surface area (Å²) in [5.74, 6) is 2.58. The molecule has 1 rings (SSSR count). The van der Waals surface area contributed by atoms with E-state index in [2.05, 4.69) is 11.2 Å². The topological polar surface area (TPSA) is 55.1 Å². The van der Waals surface area contributed by atoms with Crippen molar-refractivity contribution < 1.29 is 4.79 Å². The molecule has 3 nitrogen and oxygen atoms in total. The van der Waals surface area contributed by atoms with Gasteiger partial charge in [0.05, 0.1) is 0 Å². The van der Waals surface area contributed by atoms with Crippen LogP contribution in [0.5, 0.6) is 0 Å². The quantitative estimate of drug-likeness (QED) is 0.498. The maximum absolute atomic E-state index is 11.4. The molecule has 1 aliphatic rings. The van der Waals surface area contributed by atoms with Crippen LogP contribution in [0.3, 0.4) is 0 Å². The number of terminal acetylenes is 1. The zero-order valence-electron chi connectivity index (χ0n) is 8.51. The van der Waals surface area contributed by atoms with Crippen molar-refractivity contribution in [1.82, 2.24) is 5.32 Å². The lowest BCUT2D eigenvalue weighted by atomic mass is 9.66. The summed E-state index contributed by atoms with van der Waals surface area (Å²) < 4.78 is 0. The van der Waals surface area contributed by atoms with Crippen LogP contribution in [0, 0.1) is 17.8 Å². The fourth-order valence-corrected chi connectivity index (χ4v) is 1.81. The summed E-state index contributed by atoms with van der Waals surface area (Å²) in [6, 6.07) is 0. The first-order valence-corrected chi connectivity index (χ1v) is 5.13. The van der Waals surface area contributed by atoms with Crippen LogP contribution < -0.4 is 11.1 Å². The highest BCUT2D eigenvalue weighted by atomic mass is 16.1. The van der Waals surface area contributed by atoms with Gasteiger partial charge in [-0.2, -0.15) is 0 Å².